The number of aliphatic hydroxyl groups is 1. The van der Waals surface area contributed by atoms with Gasteiger partial charge in [-0.15, -0.1) is 0 Å². The molecule has 1 aliphatic heterocycles. The second-order valence-corrected chi connectivity index (χ2v) is 23.8. The number of likely N-dealkylation sites (tertiary alicyclic amines) is 1. The van der Waals surface area contributed by atoms with Crippen LogP contribution in [0.15, 0.2) is 40.4 Å². The number of hydrogen-bond donors (Lipinski definition) is 21. The Hall–Kier alpha value is -8.97. The maximum atomic E-state index is 14.7. The van der Waals surface area contributed by atoms with Gasteiger partial charge in [-0.2, -0.15) is 25.3 Å². The van der Waals surface area contributed by atoms with E-state index in [1.165, 1.54) is 4.90 Å². The summed E-state index contributed by atoms with van der Waals surface area (Å²) in [5.74, 6) is -14.2. The molecular formula is C57H91N19O16S2. The second-order valence-electron chi connectivity index (χ2n) is 23.0. The van der Waals surface area contributed by atoms with Crippen LogP contribution in [-0.2, 0) is 68.7 Å². The number of carbonyl (C=O) groups excluding carboxylic acids is 11. The number of hydrogen-bond acceptors (Lipinski definition) is 19. The summed E-state index contributed by atoms with van der Waals surface area (Å²) in [7, 11) is 0. The van der Waals surface area contributed by atoms with Crippen molar-refractivity contribution in [2.45, 2.75) is 152 Å². The molecule has 3 rings (SSSR count). The number of aliphatic imine (C=N–C) groups is 2. The largest absolute Gasteiger partial charge is 0.481 e. The average molecular weight is 1360 g/mol. The molecule has 0 spiro atoms. The number of rotatable bonds is 41. The number of para-hydroxylation sites is 1. The number of aliphatic hydroxyl groups excluding tert-OH is 1. The predicted octanol–water partition coefficient (Wildman–Crippen LogP) is -6.25. The third-order valence-electron chi connectivity index (χ3n) is 14.4. The van der Waals surface area contributed by atoms with Gasteiger partial charge < -0.3 is 107 Å². The number of carboxylic acid groups (broad SMARTS) is 2. The van der Waals surface area contributed by atoms with E-state index in [0.717, 1.165) is 0 Å². The van der Waals surface area contributed by atoms with Crippen molar-refractivity contribution in [3.05, 3.63) is 36.0 Å². The Labute approximate surface area is 553 Å². The molecule has 35 nitrogen and oxygen atoms in total. The lowest BCUT2D eigenvalue weighted by Gasteiger charge is -2.31. The Morgan fingerprint density at radius 3 is 1.62 bits per heavy atom. The molecule has 10 unspecified atom stereocenters. The Morgan fingerprint density at radius 1 is 0.606 bits per heavy atom. The fraction of sp³-hybridized carbons (Fsp3) is 0.596. The van der Waals surface area contributed by atoms with Crippen LogP contribution in [0.2, 0.25) is 0 Å². The standard InChI is InChI=1S/C57H91N19O16S2/c1-28(2)18-35(48(84)70-34(13-8-16-64-57(61)62)54(90)76-17-9-14-42(76)53(89)75-41(27-94)52(88)72-36(19-29(3)4)49(85)74-38(55(91)92)21-45(80)81)71-50(86)37(20-30-22-65-33-12-6-5-10-31(30)33)73-51(87)39(25-77)68-43(78)24-67-47(83)40(26-93)69-44(79)23-66-46(82)32(58)11-7-15-63-56(59)60/h5-6,10,12,22,28-29,32,34-42,65,77,93-94H,7-9,11,13-21,23-27,58H2,1-4H3,(H,66,82)(H,67,83)(H,68,78)(H,69,79)(H,70,84)(H,71,86)(H,72,88)(H,73,87)(H,74,85)(H,75,89)(H,80,81)(H,91,92)(H4,59,60,63)(H4,61,62,64). The molecular weight excluding hydrogens is 1270 g/mol. The molecule has 0 saturated carbocycles. The van der Waals surface area contributed by atoms with Crippen LogP contribution in [0.1, 0.15) is 91.0 Å². The van der Waals surface area contributed by atoms with Crippen molar-refractivity contribution in [1.82, 2.24) is 63.1 Å². The van der Waals surface area contributed by atoms with Crippen LogP contribution < -0.4 is 81.8 Å². The maximum absolute atomic E-state index is 14.7. The molecule has 0 radical (unpaired) electrons. The molecule has 1 fully saturated rings. The highest BCUT2D eigenvalue weighted by Crippen LogP contribution is 2.22. The van der Waals surface area contributed by atoms with Crippen LogP contribution in [0.5, 0.6) is 0 Å². The van der Waals surface area contributed by atoms with E-state index < -0.39 is 163 Å². The summed E-state index contributed by atoms with van der Waals surface area (Å²) in [5, 5.41) is 54.3. The van der Waals surface area contributed by atoms with Crippen molar-refractivity contribution >= 4 is 125 Å². The lowest BCUT2D eigenvalue weighted by atomic mass is 9.99. The number of nitrogens with one attached hydrogen (secondary N) is 11. The number of nitrogens with two attached hydrogens (primary N) is 5. The molecule has 1 saturated heterocycles. The van der Waals surface area contributed by atoms with Crippen molar-refractivity contribution < 1.29 is 77.6 Å². The van der Waals surface area contributed by atoms with Gasteiger partial charge >= 0.3 is 11.9 Å². The van der Waals surface area contributed by atoms with E-state index in [2.05, 4.69) is 93.4 Å². The smallest absolute Gasteiger partial charge is 0.326 e. The molecule has 1 aromatic carbocycles. The summed E-state index contributed by atoms with van der Waals surface area (Å²) < 4.78 is 0. The van der Waals surface area contributed by atoms with Crippen LogP contribution in [0.25, 0.3) is 10.9 Å². The van der Waals surface area contributed by atoms with Gasteiger partial charge in [0, 0.05) is 54.7 Å². The van der Waals surface area contributed by atoms with E-state index in [-0.39, 0.29) is 99.8 Å². The number of fused-ring (bicyclic) bond motifs is 1. The zero-order valence-corrected chi connectivity index (χ0v) is 54.6. The van der Waals surface area contributed by atoms with Gasteiger partial charge in [0.15, 0.2) is 11.9 Å². The van der Waals surface area contributed by atoms with Crippen molar-refractivity contribution in [3.63, 3.8) is 0 Å². The number of carboxylic acids is 2. The first-order chi connectivity index (χ1) is 44.4. The monoisotopic (exact) mass is 1360 g/mol. The zero-order valence-electron chi connectivity index (χ0n) is 52.8. The fourth-order valence-electron chi connectivity index (χ4n) is 9.72. The van der Waals surface area contributed by atoms with Crippen LogP contribution in [0.4, 0.5) is 0 Å². The number of nitrogens with zero attached hydrogens (tertiary/aromatic N) is 3. The highest BCUT2D eigenvalue weighted by molar-refractivity contribution is 7.80. The van der Waals surface area contributed by atoms with Gasteiger partial charge in [-0.3, -0.25) is 67.5 Å². The molecule has 10 atom stereocenters. The first-order valence-corrected chi connectivity index (χ1v) is 31.6. The third kappa shape index (κ3) is 27.3. The number of aromatic amines is 1. The van der Waals surface area contributed by atoms with Gasteiger partial charge in [-0.1, -0.05) is 45.9 Å². The van der Waals surface area contributed by atoms with Crippen molar-refractivity contribution in [3.8, 4) is 0 Å². The predicted molar refractivity (Wildman–Crippen MR) is 350 cm³/mol. The van der Waals surface area contributed by atoms with E-state index in [9.17, 15) is 77.6 Å². The van der Waals surface area contributed by atoms with Crippen LogP contribution >= 0.6 is 25.3 Å². The minimum Gasteiger partial charge on any atom is -0.481 e. The quantitative estimate of drug-likeness (QED) is 0.0127. The summed E-state index contributed by atoms with van der Waals surface area (Å²) in [6.07, 6.45) is 1.38. The number of guanidine groups is 2. The summed E-state index contributed by atoms with van der Waals surface area (Å²) in [5.41, 5.74) is 28.8. The summed E-state index contributed by atoms with van der Waals surface area (Å²) >= 11 is 8.35. The minimum absolute atomic E-state index is 0.00466. The number of thiol groups is 2. The highest BCUT2D eigenvalue weighted by Gasteiger charge is 2.41. The Kier molecular flexibility index (Phi) is 33.9. The fourth-order valence-corrected chi connectivity index (χ4v) is 10.2. The lowest BCUT2D eigenvalue weighted by molar-refractivity contribution is -0.147. The van der Waals surface area contributed by atoms with Crippen molar-refractivity contribution in [1.29, 1.82) is 0 Å². The number of carbonyl (C=O) groups is 13. The lowest BCUT2D eigenvalue weighted by Crippen LogP contribution is -2.61. The Morgan fingerprint density at radius 2 is 1.09 bits per heavy atom. The van der Waals surface area contributed by atoms with Gasteiger partial charge in [0.25, 0.3) is 0 Å². The first-order valence-electron chi connectivity index (χ1n) is 30.3. The average Bonchev–Trinajstić information content (AvgIpc) is 1.62. The highest BCUT2D eigenvalue weighted by atomic mass is 32.1. The molecule has 37 heteroatoms. The summed E-state index contributed by atoms with van der Waals surface area (Å²) in [4.78, 5) is 186. The van der Waals surface area contributed by atoms with E-state index in [1.54, 1.807) is 58.2 Å². The van der Waals surface area contributed by atoms with Crippen LogP contribution in [-0.4, -0.2) is 225 Å². The molecule has 11 amide bonds. The van der Waals surface area contributed by atoms with Gasteiger partial charge in [0.1, 0.15) is 54.4 Å². The number of benzene rings is 1. The number of H-pyrrole nitrogens is 1. The second kappa shape index (κ2) is 40.2. The van der Waals surface area contributed by atoms with E-state index in [4.69, 9.17) is 28.7 Å². The number of aromatic nitrogens is 1. The van der Waals surface area contributed by atoms with E-state index in [0.29, 0.717) is 29.3 Å². The Bertz CT molecular complexity index is 3030. The van der Waals surface area contributed by atoms with E-state index >= 15 is 0 Å². The minimum atomic E-state index is -1.82. The normalized spacial score (nSPS) is 15.6. The van der Waals surface area contributed by atoms with Gasteiger partial charge in [0.2, 0.25) is 65.0 Å². The molecule has 2 aromatic rings. The van der Waals surface area contributed by atoms with Gasteiger partial charge in [0.05, 0.1) is 32.2 Å². The van der Waals surface area contributed by atoms with Gasteiger partial charge in [-0.25, -0.2) is 4.79 Å². The first kappa shape index (κ1) is 79.3. The molecule has 0 bridgehead atoms. The Balaban J connectivity index is 1.83. The molecule has 1 aliphatic rings. The molecule has 24 N–H and O–H groups in total. The van der Waals surface area contributed by atoms with Gasteiger partial charge in [-0.05, 0) is 74.8 Å². The van der Waals surface area contributed by atoms with Crippen molar-refractivity contribution in [2.24, 2.45) is 50.5 Å². The van der Waals surface area contributed by atoms with E-state index in [1.807, 2.05) is 0 Å². The van der Waals surface area contributed by atoms with Crippen LogP contribution in [0.3, 0.4) is 0 Å². The molecule has 2 heterocycles. The number of aliphatic carboxylic acids is 2. The van der Waals surface area contributed by atoms with Crippen molar-refractivity contribution in [2.75, 3.05) is 50.8 Å². The SMILES string of the molecule is CC(C)CC(NC(=O)C(CS)NC(=O)C1CCCN1C(=O)C(CCCN=C(N)N)NC(=O)C(CC(C)C)NC(=O)C(Cc1c[nH]c2ccccc12)NC(=O)C(CO)NC(=O)CNC(=O)C(CS)NC(=O)CNC(=O)C(N)CCCN=C(N)N)C(=O)NC(CC(=O)O)C(=O)O. The topological polar surface area (TPSA) is 577 Å². The molecule has 94 heavy (non-hydrogen) atoms. The summed E-state index contributed by atoms with van der Waals surface area (Å²) in [6.45, 7) is 4.84. The zero-order chi connectivity index (χ0) is 70.4. The third-order valence-corrected chi connectivity index (χ3v) is 15.2. The number of amides is 11. The van der Waals surface area contributed by atoms with Crippen LogP contribution in [0, 0.1) is 11.8 Å². The molecule has 1 aromatic heterocycles. The maximum Gasteiger partial charge on any atom is 0.326 e. The summed E-state index contributed by atoms with van der Waals surface area (Å²) in [6, 6.07) is -7.11. The molecule has 522 valence electrons. The molecule has 0 aliphatic carbocycles.